The van der Waals surface area contributed by atoms with E-state index in [2.05, 4.69) is 29.3 Å². The van der Waals surface area contributed by atoms with E-state index in [1.165, 1.54) is 25.9 Å². The monoisotopic (exact) mass is 243 g/mol. The number of nitriles is 1. The minimum Gasteiger partial charge on any atom is -0.383 e. The molecule has 3 nitrogen and oxygen atoms in total. The lowest BCUT2D eigenvalue weighted by molar-refractivity contribution is 0.269. The van der Waals surface area contributed by atoms with Gasteiger partial charge in [0.05, 0.1) is 11.6 Å². The summed E-state index contributed by atoms with van der Waals surface area (Å²) in [4.78, 5) is 2.53. The third kappa shape index (κ3) is 3.02. The van der Waals surface area contributed by atoms with Crippen LogP contribution in [0.5, 0.6) is 0 Å². The second-order valence-corrected chi connectivity index (χ2v) is 5.11. The van der Waals surface area contributed by atoms with Crippen LogP contribution in [0.2, 0.25) is 0 Å². The minimum absolute atomic E-state index is 0.573. The number of aryl methyl sites for hydroxylation is 1. The topological polar surface area (TPSA) is 39.1 Å². The van der Waals surface area contributed by atoms with Crippen LogP contribution in [0.3, 0.4) is 0 Å². The first kappa shape index (κ1) is 12.9. The van der Waals surface area contributed by atoms with Gasteiger partial charge in [0.15, 0.2) is 0 Å². The largest absolute Gasteiger partial charge is 0.383 e. The van der Waals surface area contributed by atoms with Crippen molar-refractivity contribution in [2.24, 2.45) is 0 Å². The summed E-state index contributed by atoms with van der Waals surface area (Å²) < 4.78 is 0. The number of nitrogens with zero attached hydrogens (tertiary/aromatic N) is 2. The molecule has 0 saturated carbocycles. The zero-order valence-electron chi connectivity index (χ0n) is 11.2. The smallest absolute Gasteiger partial charge is 0.0994 e. The summed E-state index contributed by atoms with van der Waals surface area (Å²) in [7, 11) is 0. The van der Waals surface area contributed by atoms with Crippen molar-refractivity contribution in [2.45, 2.75) is 32.7 Å². The first-order valence-corrected chi connectivity index (χ1v) is 6.69. The molecular weight excluding hydrogens is 222 g/mol. The van der Waals surface area contributed by atoms with Crippen molar-refractivity contribution in [2.75, 3.05) is 25.0 Å². The fourth-order valence-electron chi connectivity index (χ4n) is 2.48. The number of hydrogen-bond donors (Lipinski definition) is 1. The van der Waals surface area contributed by atoms with Crippen molar-refractivity contribution in [1.29, 1.82) is 5.26 Å². The molecule has 1 heterocycles. The summed E-state index contributed by atoms with van der Waals surface area (Å²) in [6, 6.07) is 8.70. The van der Waals surface area contributed by atoms with E-state index in [-0.39, 0.29) is 0 Å². The molecule has 96 valence electrons. The highest BCUT2D eigenvalue weighted by Crippen LogP contribution is 2.16. The number of hydrogen-bond acceptors (Lipinski definition) is 3. The lowest BCUT2D eigenvalue weighted by Crippen LogP contribution is -2.35. The number of benzene rings is 1. The molecule has 0 aliphatic carbocycles. The average Bonchev–Trinajstić information content (AvgIpc) is 2.90. The number of likely N-dealkylation sites (tertiary alicyclic amines) is 1. The fraction of sp³-hybridized carbons (Fsp3) is 0.533. The van der Waals surface area contributed by atoms with E-state index in [9.17, 15) is 0 Å². The average molecular weight is 243 g/mol. The van der Waals surface area contributed by atoms with Gasteiger partial charge in [-0.1, -0.05) is 0 Å². The second kappa shape index (κ2) is 5.88. The standard InChI is InChI=1S/C15H21N3/c1-12-9-15(6-5-14(12)10-16)17-11-13(2)18-7-3-4-8-18/h5-6,9,13,17H,3-4,7-8,11H2,1-2H3. The van der Waals surface area contributed by atoms with Crippen LogP contribution >= 0.6 is 0 Å². The molecule has 1 aliphatic heterocycles. The Hall–Kier alpha value is -1.53. The molecule has 1 aromatic rings. The van der Waals surface area contributed by atoms with Gasteiger partial charge in [0, 0.05) is 18.3 Å². The Balaban J connectivity index is 1.90. The molecule has 1 N–H and O–H groups in total. The van der Waals surface area contributed by atoms with Gasteiger partial charge >= 0.3 is 0 Å². The quantitative estimate of drug-likeness (QED) is 0.883. The highest BCUT2D eigenvalue weighted by molar-refractivity contribution is 5.51. The molecule has 0 amide bonds. The lowest BCUT2D eigenvalue weighted by atomic mass is 10.1. The van der Waals surface area contributed by atoms with Crippen molar-refractivity contribution in [3.05, 3.63) is 29.3 Å². The molecular formula is C15H21N3. The van der Waals surface area contributed by atoms with Crippen LogP contribution in [0.1, 0.15) is 30.9 Å². The van der Waals surface area contributed by atoms with Crippen molar-refractivity contribution >= 4 is 5.69 Å². The van der Waals surface area contributed by atoms with Crippen LogP contribution in [-0.4, -0.2) is 30.6 Å². The fourth-order valence-corrected chi connectivity index (χ4v) is 2.48. The summed E-state index contributed by atoms with van der Waals surface area (Å²) in [5.41, 5.74) is 2.90. The Kier molecular flexibility index (Phi) is 4.22. The molecule has 1 saturated heterocycles. The Labute approximate surface area is 109 Å². The van der Waals surface area contributed by atoms with Crippen molar-refractivity contribution in [1.82, 2.24) is 4.90 Å². The molecule has 3 heteroatoms. The first-order valence-electron chi connectivity index (χ1n) is 6.69. The Morgan fingerprint density at radius 2 is 2.11 bits per heavy atom. The lowest BCUT2D eigenvalue weighted by Gasteiger charge is -2.24. The van der Waals surface area contributed by atoms with E-state index in [0.717, 1.165) is 23.4 Å². The van der Waals surface area contributed by atoms with Crippen LogP contribution < -0.4 is 5.32 Å². The maximum absolute atomic E-state index is 8.89. The first-order chi connectivity index (χ1) is 8.70. The molecule has 0 bridgehead atoms. The predicted octanol–water partition coefficient (Wildman–Crippen LogP) is 2.76. The predicted molar refractivity (Wildman–Crippen MR) is 74.7 cm³/mol. The summed E-state index contributed by atoms with van der Waals surface area (Å²) in [5.74, 6) is 0. The molecule has 0 radical (unpaired) electrons. The van der Waals surface area contributed by atoms with Gasteiger partial charge in [0.2, 0.25) is 0 Å². The van der Waals surface area contributed by atoms with Gasteiger partial charge in [-0.2, -0.15) is 5.26 Å². The van der Waals surface area contributed by atoms with Crippen LogP contribution in [0.25, 0.3) is 0 Å². The Morgan fingerprint density at radius 3 is 2.72 bits per heavy atom. The molecule has 2 rings (SSSR count). The summed E-state index contributed by atoms with van der Waals surface area (Å²) in [6.07, 6.45) is 2.67. The molecule has 1 aliphatic rings. The third-order valence-electron chi connectivity index (χ3n) is 3.71. The summed E-state index contributed by atoms with van der Waals surface area (Å²) in [5, 5.41) is 12.4. The van der Waals surface area contributed by atoms with Gasteiger partial charge in [-0.25, -0.2) is 0 Å². The van der Waals surface area contributed by atoms with Gasteiger partial charge in [0.1, 0.15) is 0 Å². The second-order valence-electron chi connectivity index (χ2n) is 5.11. The van der Waals surface area contributed by atoms with Gasteiger partial charge in [-0.15, -0.1) is 0 Å². The highest BCUT2D eigenvalue weighted by atomic mass is 15.2. The minimum atomic E-state index is 0.573. The van der Waals surface area contributed by atoms with E-state index in [0.29, 0.717) is 6.04 Å². The molecule has 1 unspecified atom stereocenters. The van der Waals surface area contributed by atoms with Crippen molar-refractivity contribution in [3.8, 4) is 6.07 Å². The zero-order valence-corrected chi connectivity index (χ0v) is 11.2. The SMILES string of the molecule is Cc1cc(NCC(C)N2CCCC2)ccc1C#N. The van der Waals surface area contributed by atoms with E-state index < -0.39 is 0 Å². The number of nitrogens with one attached hydrogen (secondary N) is 1. The van der Waals surface area contributed by atoms with Crippen molar-refractivity contribution < 1.29 is 0 Å². The third-order valence-corrected chi connectivity index (χ3v) is 3.71. The molecule has 1 fully saturated rings. The van der Waals surface area contributed by atoms with Crippen LogP contribution in [0.4, 0.5) is 5.69 Å². The van der Waals surface area contributed by atoms with E-state index >= 15 is 0 Å². The molecule has 1 atom stereocenters. The summed E-state index contributed by atoms with van der Waals surface area (Å²) >= 11 is 0. The normalized spacial score (nSPS) is 17.4. The molecule has 1 aromatic carbocycles. The van der Waals surface area contributed by atoms with Gasteiger partial charge in [0.25, 0.3) is 0 Å². The maximum atomic E-state index is 8.89. The number of rotatable bonds is 4. The van der Waals surface area contributed by atoms with Crippen molar-refractivity contribution in [3.63, 3.8) is 0 Å². The maximum Gasteiger partial charge on any atom is 0.0994 e. The molecule has 18 heavy (non-hydrogen) atoms. The van der Waals surface area contributed by atoms with Crippen LogP contribution in [0, 0.1) is 18.3 Å². The molecule has 0 spiro atoms. The van der Waals surface area contributed by atoms with Crippen LogP contribution in [0.15, 0.2) is 18.2 Å². The molecule has 0 aromatic heterocycles. The van der Waals surface area contributed by atoms with Gasteiger partial charge < -0.3 is 5.32 Å². The van der Waals surface area contributed by atoms with E-state index in [4.69, 9.17) is 5.26 Å². The van der Waals surface area contributed by atoms with Gasteiger partial charge in [-0.05, 0) is 63.5 Å². The zero-order chi connectivity index (χ0) is 13.0. The highest BCUT2D eigenvalue weighted by Gasteiger charge is 2.17. The summed E-state index contributed by atoms with van der Waals surface area (Å²) in [6.45, 7) is 7.68. The Morgan fingerprint density at radius 1 is 1.39 bits per heavy atom. The number of anilines is 1. The van der Waals surface area contributed by atoms with E-state index in [1.54, 1.807) is 0 Å². The van der Waals surface area contributed by atoms with Crippen LogP contribution in [-0.2, 0) is 0 Å². The van der Waals surface area contributed by atoms with Gasteiger partial charge in [-0.3, -0.25) is 4.90 Å². The van der Waals surface area contributed by atoms with E-state index in [1.807, 2.05) is 19.1 Å². The Bertz CT molecular complexity index is 442.